The van der Waals surface area contributed by atoms with E-state index in [4.69, 9.17) is 4.74 Å². The zero-order chi connectivity index (χ0) is 13.5. The SMILES string of the molecule is CCCc1ccc(OCC(=O)NC(C)C)c(Br)c1. The van der Waals surface area contributed by atoms with Gasteiger partial charge >= 0.3 is 0 Å². The lowest BCUT2D eigenvalue weighted by atomic mass is 10.1. The van der Waals surface area contributed by atoms with E-state index in [9.17, 15) is 4.79 Å². The van der Waals surface area contributed by atoms with Crippen molar-refractivity contribution in [3.8, 4) is 5.75 Å². The summed E-state index contributed by atoms with van der Waals surface area (Å²) in [4.78, 5) is 11.5. The van der Waals surface area contributed by atoms with E-state index in [0.29, 0.717) is 5.75 Å². The second-order valence-electron chi connectivity index (χ2n) is 4.53. The molecule has 0 aliphatic rings. The Morgan fingerprint density at radius 2 is 2.17 bits per heavy atom. The van der Waals surface area contributed by atoms with E-state index >= 15 is 0 Å². The van der Waals surface area contributed by atoms with Crippen LogP contribution in [0.3, 0.4) is 0 Å². The molecule has 1 rings (SSSR count). The van der Waals surface area contributed by atoms with Gasteiger partial charge in [-0.25, -0.2) is 0 Å². The maximum atomic E-state index is 11.5. The van der Waals surface area contributed by atoms with Gasteiger partial charge in [-0.15, -0.1) is 0 Å². The minimum Gasteiger partial charge on any atom is -0.483 e. The Labute approximate surface area is 117 Å². The number of rotatable bonds is 6. The number of hydrogen-bond donors (Lipinski definition) is 1. The average molecular weight is 314 g/mol. The van der Waals surface area contributed by atoms with Gasteiger partial charge in [0.05, 0.1) is 4.47 Å². The van der Waals surface area contributed by atoms with E-state index in [1.165, 1.54) is 5.56 Å². The van der Waals surface area contributed by atoms with Crippen LogP contribution < -0.4 is 10.1 Å². The molecule has 0 aromatic heterocycles. The Morgan fingerprint density at radius 1 is 1.44 bits per heavy atom. The molecule has 0 aliphatic carbocycles. The lowest BCUT2D eigenvalue weighted by Crippen LogP contribution is -2.34. The monoisotopic (exact) mass is 313 g/mol. The van der Waals surface area contributed by atoms with Crippen molar-refractivity contribution in [2.24, 2.45) is 0 Å². The van der Waals surface area contributed by atoms with E-state index in [-0.39, 0.29) is 18.6 Å². The summed E-state index contributed by atoms with van der Waals surface area (Å²) in [5, 5.41) is 2.78. The fourth-order valence-electron chi connectivity index (χ4n) is 1.61. The zero-order valence-corrected chi connectivity index (χ0v) is 12.7. The molecule has 18 heavy (non-hydrogen) atoms. The number of aryl methyl sites for hydroxylation is 1. The van der Waals surface area contributed by atoms with Crippen LogP contribution >= 0.6 is 15.9 Å². The third-order valence-electron chi connectivity index (χ3n) is 2.34. The summed E-state index contributed by atoms with van der Waals surface area (Å²) in [6.45, 7) is 6.04. The van der Waals surface area contributed by atoms with E-state index in [0.717, 1.165) is 17.3 Å². The molecule has 0 bridgehead atoms. The third-order valence-corrected chi connectivity index (χ3v) is 2.96. The molecule has 0 spiro atoms. The standard InChI is InChI=1S/C14H20BrNO2/c1-4-5-11-6-7-13(12(15)8-11)18-9-14(17)16-10(2)3/h6-8,10H,4-5,9H2,1-3H3,(H,16,17). The molecule has 1 aromatic carbocycles. The lowest BCUT2D eigenvalue weighted by Gasteiger charge is -2.11. The normalized spacial score (nSPS) is 10.5. The number of hydrogen-bond acceptors (Lipinski definition) is 2. The molecular formula is C14H20BrNO2. The van der Waals surface area contributed by atoms with Crippen LogP contribution in [0.4, 0.5) is 0 Å². The van der Waals surface area contributed by atoms with Crippen LogP contribution in [0, 0.1) is 0 Å². The van der Waals surface area contributed by atoms with Crippen molar-refractivity contribution < 1.29 is 9.53 Å². The maximum absolute atomic E-state index is 11.5. The lowest BCUT2D eigenvalue weighted by molar-refractivity contribution is -0.123. The number of benzene rings is 1. The number of carbonyl (C=O) groups excluding carboxylic acids is 1. The van der Waals surface area contributed by atoms with Gasteiger partial charge in [-0.05, 0) is 53.9 Å². The minimum absolute atomic E-state index is 0.0455. The smallest absolute Gasteiger partial charge is 0.258 e. The predicted molar refractivity (Wildman–Crippen MR) is 76.9 cm³/mol. The second-order valence-corrected chi connectivity index (χ2v) is 5.38. The highest BCUT2D eigenvalue weighted by molar-refractivity contribution is 9.10. The van der Waals surface area contributed by atoms with Gasteiger partial charge in [-0.3, -0.25) is 4.79 Å². The van der Waals surface area contributed by atoms with Crippen molar-refractivity contribution in [2.75, 3.05) is 6.61 Å². The van der Waals surface area contributed by atoms with Gasteiger partial charge < -0.3 is 10.1 Å². The zero-order valence-electron chi connectivity index (χ0n) is 11.1. The largest absolute Gasteiger partial charge is 0.483 e. The van der Waals surface area contributed by atoms with E-state index in [1.807, 2.05) is 32.0 Å². The van der Waals surface area contributed by atoms with Gasteiger partial charge in [0.1, 0.15) is 5.75 Å². The van der Waals surface area contributed by atoms with Gasteiger partial charge in [0, 0.05) is 6.04 Å². The third kappa shape index (κ3) is 5.08. The number of ether oxygens (including phenoxy) is 1. The Kier molecular flexibility index (Phi) is 6.19. The molecule has 0 aliphatic heterocycles. The summed E-state index contributed by atoms with van der Waals surface area (Å²) in [6.07, 6.45) is 2.16. The van der Waals surface area contributed by atoms with Crippen molar-refractivity contribution in [3.63, 3.8) is 0 Å². The molecule has 1 N–H and O–H groups in total. The van der Waals surface area contributed by atoms with Gasteiger partial charge in [-0.2, -0.15) is 0 Å². The summed E-state index contributed by atoms with van der Waals surface area (Å²) in [5.74, 6) is 0.600. The van der Waals surface area contributed by atoms with Crippen molar-refractivity contribution in [2.45, 2.75) is 39.7 Å². The van der Waals surface area contributed by atoms with Gasteiger partial charge in [0.25, 0.3) is 5.91 Å². The molecular weight excluding hydrogens is 294 g/mol. The van der Waals surface area contributed by atoms with E-state index < -0.39 is 0 Å². The molecule has 0 unspecified atom stereocenters. The highest BCUT2D eigenvalue weighted by Crippen LogP contribution is 2.26. The van der Waals surface area contributed by atoms with Gasteiger partial charge in [0.2, 0.25) is 0 Å². The molecule has 0 saturated heterocycles. The molecule has 0 radical (unpaired) electrons. The topological polar surface area (TPSA) is 38.3 Å². The van der Waals surface area contributed by atoms with E-state index in [1.54, 1.807) is 0 Å². The molecule has 4 heteroatoms. The highest BCUT2D eigenvalue weighted by Gasteiger charge is 2.07. The van der Waals surface area contributed by atoms with E-state index in [2.05, 4.69) is 28.2 Å². The Balaban J connectivity index is 2.55. The average Bonchev–Trinajstić information content (AvgIpc) is 2.27. The van der Waals surface area contributed by atoms with Crippen molar-refractivity contribution in [3.05, 3.63) is 28.2 Å². The molecule has 0 saturated carbocycles. The second kappa shape index (κ2) is 7.41. The predicted octanol–water partition coefficient (Wildman–Crippen LogP) is 3.31. The number of nitrogens with one attached hydrogen (secondary N) is 1. The molecule has 3 nitrogen and oxygen atoms in total. The summed E-state index contributed by atoms with van der Waals surface area (Å²) in [5.41, 5.74) is 1.27. The first-order chi connectivity index (χ1) is 8.52. The van der Waals surface area contributed by atoms with Crippen molar-refractivity contribution in [1.29, 1.82) is 0 Å². The van der Waals surface area contributed by atoms with Gasteiger partial charge in [-0.1, -0.05) is 19.4 Å². The summed E-state index contributed by atoms with van der Waals surface area (Å²) in [6, 6.07) is 6.11. The Morgan fingerprint density at radius 3 is 2.72 bits per heavy atom. The fourth-order valence-corrected chi connectivity index (χ4v) is 2.15. The molecule has 1 amide bonds. The van der Waals surface area contributed by atoms with Crippen LogP contribution in [0.1, 0.15) is 32.8 Å². The molecule has 100 valence electrons. The first-order valence-electron chi connectivity index (χ1n) is 6.23. The first-order valence-corrected chi connectivity index (χ1v) is 7.02. The number of halogens is 1. The van der Waals surface area contributed by atoms with Crippen LogP contribution in [0.15, 0.2) is 22.7 Å². The summed E-state index contributed by atoms with van der Waals surface area (Å²) in [7, 11) is 0. The van der Waals surface area contributed by atoms with Crippen molar-refractivity contribution in [1.82, 2.24) is 5.32 Å². The highest BCUT2D eigenvalue weighted by atomic mass is 79.9. The van der Waals surface area contributed by atoms with Crippen LogP contribution in [0.25, 0.3) is 0 Å². The van der Waals surface area contributed by atoms with Crippen LogP contribution in [0.2, 0.25) is 0 Å². The molecule has 0 atom stereocenters. The molecule has 0 fully saturated rings. The van der Waals surface area contributed by atoms with Crippen LogP contribution in [-0.2, 0) is 11.2 Å². The maximum Gasteiger partial charge on any atom is 0.258 e. The quantitative estimate of drug-likeness (QED) is 0.875. The van der Waals surface area contributed by atoms with Crippen LogP contribution in [-0.4, -0.2) is 18.6 Å². The number of carbonyl (C=O) groups is 1. The summed E-state index contributed by atoms with van der Waals surface area (Å²) < 4.78 is 6.37. The first kappa shape index (κ1) is 15.0. The van der Waals surface area contributed by atoms with Crippen LogP contribution in [0.5, 0.6) is 5.75 Å². The summed E-state index contributed by atoms with van der Waals surface area (Å²) >= 11 is 3.46. The molecule has 0 heterocycles. The fraction of sp³-hybridized carbons (Fsp3) is 0.500. The Hall–Kier alpha value is -1.03. The minimum atomic E-state index is -0.102. The van der Waals surface area contributed by atoms with Gasteiger partial charge in [0.15, 0.2) is 6.61 Å². The number of amides is 1. The Bertz CT molecular complexity index is 405. The van der Waals surface area contributed by atoms with Crippen molar-refractivity contribution >= 4 is 21.8 Å². The molecule has 1 aromatic rings.